The highest BCUT2D eigenvalue weighted by Gasteiger charge is 2.31. The molecule has 0 bridgehead atoms. The van der Waals surface area contributed by atoms with Crippen molar-refractivity contribution >= 4 is 10.9 Å². The Morgan fingerprint density at radius 1 is 0.846 bits per heavy atom. The zero-order chi connectivity index (χ0) is 18.1. The fraction of sp³-hybridized carbons (Fsp3) is 0.333. The van der Waals surface area contributed by atoms with Crippen LogP contribution in [-0.4, -0.2) is 9.97 Å². The van der Waals surface area contributed by atoms with Gasteiger partial charge in [0.1, 0.15) is 0 Å². The van der Waals surface area contributed by atoms with Gasteiger partial charge in [-0.1, -0.05) is 55.7 Å². The van der Waals surface area contributed by atoms with Crippen LogP contribution in [0.3, 0.4) is 0 Å². The third-order valence-electron chi connectivity index (χ3n) is 5.08. The highest BCUT2D eigenvalue weighted by atomic mass is 19.4. The van der Waals surface area contributed by atoms with Crippen LogP contribution in [0.5, 0.6) is 0 Å². The van der Waals surface area contributed by atoms with Crippen LogP contribution in [0.4, 0.5) is 13.2 Å². The van der Waals surface area contributed by atoms with Gasteiger partial charge in [0.2, 0.25) is 0 Å². The molecule has 3 aromatic rings. The zero-order valence-corrected chi connectivity index (χ0v) is 14.3. The highest BCUT2D eigenvalue weighted by Crippen LogP contribution is 2.38. The molecule has 1 fully saturated rings. The normalized spacial score (nSPS) is 16.1. The number of rotatable bonds is 2. The first kappa shape index (κ1) is 17.0. The van der Waals surface area contributed by atoms with Gasteiger partial charge in [-0.25, -0.2) is 9.97 Å². The number of benzene rings is 2. The molecular formula is C21H19F3N2. The Labute approximate surface area is 150 Å². The summed E-state index contributed by atoms with van der Waals surface area (Å²) in [6, 6.07) is 13.3. The Morgan fingerprint density at radius 2 is 1.58 bits per heavy atom. The molecule has 1 aliphatic rings. The first-order valence-electron chi connectivity index (χ1n) is 8.97. The minimum atomic E-state index is -4.38. The third-order valence-corrected chi connectivity index (χ3v) is 5.08. The van der Waals surface area contributed by atoms with Crippen LogP contribution in [0.2, 0.25) is 0 Å². The van der Waals surface area contributed by atoms with E-state index in [2.05, 4.69) is 4.98 Å². The second-order valence-electron chi connectivity index (χ2n) is 6.86. The summed E-state index contributed by atoms with van der Waals surface area (Å²) >= 11 is 0. The summed E-state index contributed by atoms with van der Waals surface area (Å²) in [5.74, 6) is 0.784. The summed E-state index contributed by atoms with van der Waals surface area (Å²) in [6.07, 6.45) is 1.16. The van der Waals surface area contributed by atoms with Crippen molar-refractivity contribution in [2.75, 3.05) is 0 Å². The summed E-state index contributed by atoms with van der Waals surface area (Å²) in [5, 5.41) is 0.740. The molecule has 26 heavy (non-hydrogen) atoms. The Morgan fingerprint density at radius 3 is 2.27 bits per heavy atom. The standard InChI is InChI=1S/C21H19F3N2/c22-21(23,24)16-11-12-17-18(13-16)25-20(15-9-5-2-6-10-15)26-19(17)14-7-3-1-4-8-14/h2,5-6,9-14H,1,3-4,7-8H2. The second-order valence-corrected chi connectivity index (χ2v) is 6.86. The van der Waals surface area contributed by atoms with Gasteiger partial charge in [0.15, 0.2) is 5.82 Å². The van der Waals surface area contributed by atoms with Crippen LogP contribution in [0.25, 0.3) is 22.3 Å². The summed E-state index contributed by atoms with van der Waals surface area (Å²) in [5.41, 5.74) is 1.41. The fourth-order valence-electron chi connectivity index (χ4n) is 3.73. The molecule has 2 aromatic carbocycles. The lowest BCUT2D eigenvalue weighted by Crippen LogP contribution is -2.10. The molecule has 1 saturated carbocycles. The lowest BCUT2D eigenvalue weighted by atomic mass is 9.85. The molecule has 0 N–H and O–H groups in total. The first-order valence-corrected chi connectivity index (χ1v) is 8.97. The smallest absolute Gasteiger partial charge is 0.232 e. The highest BCUT2D eigenvalue weighted by molar-refractivity contribution is 5.84. The fourth-order valence-corrected chi connectivity index (χ4v) is 3.73. The van der Waals surface area contributed by atoms with Gasteiger partial charge in [-0.3, -0.25) is 0 Å². The van der Waals surface area contributed by atoms with Gasteiger partial charge in [-0.15, -0.1) is 0 Å². The van der Waals surface area contributed by atoms with Gasteiger partial charge >= 0.3 is 6.18 Å². The molecule has 4 rings (SSSR count). The van der Waals surface area contributed by atoms with Crippen LogP contribution < -0.4 is 0 Å². The van der Waals surface area contributed by atoms with Crippen molar-refractivity contribution in [2.24, 2.45) is 0 Å². The van der Waals surface area contributed by atoms with Crippen LogP contribution in [0.1, 0.15) is 49.3 Å². The van der Waals surface area contributed by atoms with E-state index in [4.69, 9.17) is 4.98 Å². The van der Waals surface area contributed by atoms with Gasteiger partial charge in [-0.05, 0) is 25.0 Å². The van der Waals surface area contributed by atoms with Crippen molar-refractivity contribution < 1.29 is 13.2 Å². The van der Waals surface area contributed by atoms with E-state index in [0.717, 1.165) is 54.5 Å². The van der Waals surface area contributed by atoms with Crippen molar-refractivity contribution in [3.8, 4) is 11.4 Å². The largest absolute Gasteiger partial charge is 0.416 e. The molecule has 2 nitrogen and oxygen atoms in total. The van der Waals surface area contributed by atoms with E-state index in [-0.39, 0.29) is 5.92 Å². The molecule has 0 spiro atoms. The number of nitrogens with zero attached hydrogens (tertiary/aromatic N) is 2. The molecule has 0 amide bonds. The predicted octanol–water partition coefficient (Wildman–Crippen LogP) is 6.36. The Kier molecular flexibility index (Phi) is 4.39. The number of hydrogen-bond acceptors (Lipinski definition) is 2. The molecule has 1 aliphatic carbocycles. The van der Waals surface area contributed by atoms with Gasteiger partial charge < -0.3 is 0 Å². The maximum atomic E-state index is 13.2. The van der Waals surface area contributed by atoms with Gasteiger partial charge in [-0.2, -0.15) is 13.2 Å². The van der Waals surface area contributed by atoms with Crippen molar-refractivity contribution in [1.29, 1.82) is 0 Å². The van der Waals surface area contributed by atoms with E-state index in [0.29, 0.717) is 11.3 Å². The predicted molar refractivity (Wildman–Crippen MR) is 95.8 cm³/mol. The topological polar surface area (TPSA) is 25.8 Å². The summed E-state index contributed by atoms with van der Waals surface area (Å²) < 4.78 is 39.5. The van der Waals surface area contributed by atoms with E-state index in [1.807, 2.05) is 30.3 Å². The molecule has 0 radical (unpaired) electrons. The van der Waals surface area contributed by atoms with Crippen LogP contribution in [-0.2, 0) is 6.18 Å². The van der Waals surface area contributed by atoms with Gasteiger partial charge in [0.05, 0.1) is 16.8 Å². The lowest BCUT2D eigenvalue weighted by molar-refractivity contribution is -0.137. The van der Waals surface area contributed by atoms with Crippen molar-refractivity contribution in [1.82, 2.24) is 9.97 Å². The molecule has 0 aliphatic heterocycles. The van der Waals surface area contributed by atoms with Crippen molar-refractivity contribution in [2.45, 2.75) is 44.2 Å². The van der Waals surface area contributed by atoms with Gasteiger partial charge in [0, 0.05) is 16.9 Å². The third kappa shape index (κ3) is 3.30. The van der Waals surface area contributed by atoms with Crippen molar-refractivity contribution in [3.63, 3.8) is 0 Å². The monoisotopic (exact) mass is 356 g/mol. The zero-order valence-electron chi connectivity index (χ0n) is 14.3. The summed E-state index contributed by atoms with van der Waals surface area (Å²) in [7, 11) is 0. The molecule has 1 aromatic heterocycles. The SMILES string of the molecule is FC(F)(F)c1ccc2c(C3CCCCC3)nc(-c3ccccc3)nc2c1. The number of alkyl halides is 3. The summed E-state index contributed by atoms with van der Waals surface area (Å²) in [6.45, 7) is 0. The maximum Gasteiger partial charge on any atom is 0.416 e. The average molecular weight is 356 g/mol. The van der Waals surface area contributed by atoms with E-state index in [1.165, 1.54) is 12.5 Å². The van der Waals surface area contributed by atoms with Crippen molar-refractivity contribution in [3.05, 3.63) is 59.8 Å². The Balaban J connectivity index is 1.92. The average Bonchev–Trinajstić information content (AvgIpc) is 2.67. The number of halogens is 3. The Hall–Kier alpha value is -2.43. The van der Waals surface area contributed by atoms with Crippen LogP contribution in [0, 0.1) is 0 Å². The summed E-state index contributed by atoms with van der Waals surface area (Å²) in [4.78, 5) is 9.26. The molecule has 0 unspecified atom stereocenters. The first-order chi connectivity index (χ1) is 12.5. The number of hydrogen-bond donors (Lipinski definition) is 0. The van der Waals surface area contributed by atoms with E-state index >= 15 is 0 Å². The van der Waals surface area contributed by atoms with Gasteiger partial charge in [0.25, 0.3) is 0 Å². The molecule has 134 valence electrons. The maximum absolute atomic E-state index is 13.2. The van der Waals surface area contributed by atoms with Crippen LogP contribution >= 0.6 is 0 Å². The van der Waals surface area contributed by atoms with E-state index in [9.17, 15) is 13.2 Å². The molecular weight excluding hydrogens is 337 g/mol. The molecule has 5 heteroatoms. The Bertz CT molecular complexity index is 914. The molecule has 0 saturated heterocycles. The number of aromatic nitrogens is 2. The lowest BCUT2D eigenvalue weighted by Gasteiger charge is -2.23. The van der Waals surface area contributed by atoms with E-state index < -0.39 is 11.7 Å². The molecule has 0 atom stereocenters. The van der Waals surface area contributed by atoms with E-state index in [1.54, 1.807) is 0 Å². The second kappa shape index (κ2) is 6.71. The quantitative estimate of drug-likeness (QED) is 0.534. The molecule has 1 heterocycles. The minimum Gasteiger partial charge on any atom is -0.232 e. The van der Waals surface area contributed by atoms with Crippen LogP contribution in [0.15, 0.2) is 48.5 Å². The number of fused-ring (bicyclic) bond motifs is 1. The minimum absolute atomic E-state index is 0.286.